The number of benzene rings is 1. The third-order valence-corrected chi connectivity index (χ3v) is 2.77. The molecule has 1 aliphatic rings. The van der Waals surface area contributed by atoms with E-state index < -0.39 is 11.1 Å². The fraction of sp³-hybridized carbons (Fsp3) is 0.400. The lowest BCUT2D eigenvalue weighted by Gasteiger charge is -2.25. The standard InChI is InChI=1S/C10H11NO5.C5H7NO3/c1-2-15-10(12)16-7-8-3-5-9(6-4-8)11(13)14;1-3(7)9-5-2-4(8)6-5/h3-6H,2,7H2,1H3;5H,2H2,1H3,(H,6,8). The van der Waals surface area contributed by atoms with Crippen molar-refractivity contribution in [2.75, 3.05) is 6.61 Å². The highest BCUT2D eigenvalue weighted by Crippen LogP contribution is 2.12. The van der Waals surface area contributed by atoms with Crippen molar-refractivity contribution in [1.82, 2.24) is 5.32 Å². The molecule has 1 aliphatic heterocycles. The second-order valence-corrected chi connectivity index (χ2v) is 4.76. The molecule has 0 spiro atoms. The number of nitrogens with one attached hydrogen (secondary N) is 1. The molecule has 25 heavy (non-hydrogen) atoms. The maximum Gasteiger partial charge on any atom is 0.508 e. The highest BCUT2D eigenvalue weighted by atomic mass is 16.7. The van der Waals surface area contributed by atoms with E-state index in [-0.39, 0.29) is 37.0 Å². The lowest BCUT2D eigenvalue weighted by atomic mass is 10.2. The van der Waals surface area contributed by atoms with Crippen LogP contribution in [-0.4, -0.2) is 35.8 Å². The SMILES string of the molecule is CC(=O)OC1CC(=O)N1.CCOC(=O)OCc1ccc([N+](=O)[O-])cc1. The van der Waals surface area contributed by atoms with Crippen molar-refractivity contribution >= 4 is 23.7 Å². The lowest BCUT2D eigenvalue weighted by Crippen LogP contribution is -2.50. The third-order valence-electron chi connectivity index (χ3n) is 2.77. The van der Waals surface area contributed by atoms with Gasteiger partial charge in [-0.3, -0.25) is 19.7 Å². The van der Waals surface area contributed by atoms with Crippen LogP contribution < -0.4 is 5.32 Å². The van der Waals surface area contributed by atoms with E-state index in [1.807, 2.05) is 0 Å². The average molecular weight is 354 g/mol. The first-order valence-electron chi connectivity index (χ1n) is 7.31. The lowest BCUT2D eigenvalue weighted by molar-refractivity contribution is -0.384. The molecule has 0 bridgehead atoms. The summed E-state index contributed by atoms with van der Waals surface area (Å²) in [6, 6.07) is 5.75. The van der Waals surface area contributed by atoms with Crippen molar-refractivity contribution in [3.05, 3.63) is 39.9 Å². The van der Waals surface area contributed by atoms with E-state index in [1.165, 1.54) is 31.2 Å². The molecule has 10 heteroatoms. The van der Waals surface area contributed by atoms with E-state index in [9.17, 15) is 24.5 Å². The molecular formula is C15H18N2O8. The predicted molar refractivity (Wildman–Crippen MR) is 83.2 cm³/mol. The monoisotopic (exact) mass is 354 g/mol. The molecule has 1 aromatic rings. The average Bonchev–Trinajstić information content (AvgIpc) is 2.52. The largest absolute Gasteiger partial charge is 0.508 e. The number of non-ortho nitro benzene ring substituents is 1. The number of nitro benzene ring substituents is 1. The summed E-state index contributed by atoms with van der Waals surface area (Å²) in [5.41, 5.74) is 0.665. The molecule has 1 aromatic carbocycles. The quantitative estimate of drug-likeness (QED) is 0.365. The number of carbonyl (C=O) groups excluding carboxylic acids is 3. The van der Waals surface area contributed by atoms with Gasteiger partial charge >= 0.3 is 12.1 Å². The topological polar surface area (TPSA) is 134 Å². The van der Waals surface area contributed by atoms with Crippen molar-refractivity contribution in [2.45, 2.75) is 33.1 Å². The molecule has 0 aliphatic carbocycles. The van der Waals surface area contributed by atoms with E-state index in [4.69, 9.17) is 4.74 Å². The molecule has 1 atom stereocenters. The van der Waals surface area contributed by atoms with Crippen molar-refractivity contribution in [3.63, 3.8) is 0 Å². The van der Waals surface area contributed by atoms with Gasteiger partial charge in [-0.05, 0) is 24.6 Å². The molecule has 1 amide bonds. The Morgan fingerprint density at radius 1 is 1.28 bits per heavy atom. The van der Waals surface area contributed by atoms with Gasteiger partial charge < -0.3 is 19.5 Å². The number of hydrogen-bond donors (Lipinski definition) is 1. The number of hydrogen-bond acceptors (Lipinski definition) is 8. The summed E-state index contributed by atoms with van der Waals surface area (Å²) < 4.78 is 13.9. The minimum absolute atomic E-state index is 0.000107. The van der Waals surface area contributed by atoms with Crippen LogP contribution in [0.25, 0.3) is 0 Å². The Balaban J connectivity index is 0.000000293. The van der Waals surface area contributed by atoms with Gasteiger partial charge in [0, 0.05) is 19.1 Å². The number of ether oxygens (including phenoxy) is 3. The van der Waals surface area contributed by atoms with E-state index in [1.54, 1.807) is 6.92 Å². The van der Waals surface area contributed by atoms with Gasteiger partial charge in [0.05, 0.1) is 18.0 Å². The second kappa shape index (κ2) is 9.85. The molecule has 1 fully saturated rings. The molecule has 1 N–H and O–H groups in total. The highest BCUT2D eigenvalue weighted by molar-refractivity contribution is 5.83. The Labute approximate surface area is 143 Å². The number of nitrogens with zero attached hydrogens (tertiary/aromatic N) is 1. The number of nitro groups is 1. The summed E-state index contributed by atoms with van der Waals surface area (Å²) in [7, 11) is 0. The summed E-state index contributed by atoms with van der Waals surface area (Å²) in [6.45, 7) is 3.27. The van der Waals surface area contributed by atoms with Crippen molar-refractivity contribution in [3.8, 4) is 0 Å². The van der Waals surface area contributed by atoms with Gasteiger partial charge in [-0.1, -0.05) is 0 Å². The highest BCUT2D eigenvalue weighted by Gasteiger charge is 2.27. The van der Waals surface area contributed by atoms with Gasteiger partial charge in [-0.25, -0.2) is 4.79 Å². The van der Waals surface area contributed by atoms with Gasteiger partial charge in [-0.15, -0.1) is 0 Å². The smallest absolute Gasteiger partial charge is 0.441 e. The molecule has 1 unspecified atom stereocenters. The van der Waals surface area contributed by atoms with Gasteiger partial charge in [0.1, 0.15) is 6.61 Å². The zero-order valence-corrected chi connectivity index (χ0v) is 13.7. The Morgan fingerprint density at radius 3 is 2.32 bits per heavy atom. The Bertz CT molecular complexity index is 621. The first kappa shape index (κ1) is 19.9. The zero-order valence-electron chi connectivity index (χ0n) is 13.7. The van der Waals surface area contributed by atoms with Crippen LogP contribution in [0.4, 0.5) is 10.5 Å². The van der Waals surface area contributed by atoms with Crippen LogP contribution in [0.3, 0.4) is 0 Å². The summed E-state index contributed by atoms with van der Waals surface area (Å²) in [5, 5.41) is 12.8. The van der Waals surface area contributed by atoms with E-state index >= 15 is 0 Å². The Kier molecular flexibility index (Phi) is 7.83. The fourth-order valence-electron chi connectivity index (χ4n) is 1.61. The molecular weight excluding hydrogens is 336 g/mol. The van der Waals surface area contributed by atoms with Crippen LogP contribution in [-0.2, 0) is 30.4 Å². The van der Waals surface area contributed by atoms with Crippen molar-refractivity contribution in [2.24, 2.45) is 0 Å². The molecule has 136 valence electrons. The molecule has 2 rings (SSSR count). The summed E-state index contributed by atoms with van der Waals surface area (Å²) in [5.74, 6) is -0.429. The van der Waals surface area contributed by atoms with Crippen molar-refractivity contribution < 1.29 is 33.5 Å². The summed E-state index contributed by atoms with van der Waals surface area (Å²) in [6.07, 6.45) is -0.810. The van der Waals surface area contributed by atoms with E-state index in [0.717, 1.165) is 0 Å². The number of β-lactam (4-membered cyclic amide) rings is 1. The predicted octanol–water partition coefficient (Wildman–Crippen LogP) is 1.66. The van der Waals surface area contributed by atoms with Crippen LogP contribution in [0.15, 0.2) is 24.3 Å². The van der Waals surface area contributed by atoms with Crippen LogP contribution >= 0.6 is 0 Å². The fourth-order valence-corrected chi connectivity index (χ4v) is 1.61. The van der Waals surface area contributed by atoms with Crippen LogP contribution in [0.2, 0.25) is 0 Å². The second-order valence-electron chi connectivity index (χ2n) is 4.76. The summed E-state index contributed by atoms with van der Waals surface area (Å²) >= 11 is 0. The third kappa shape index (κ3) is 7.77. The van der Waals surface area contributed by atoms with Crippen LogP contribution in [0.5, 0.6) is 0 Å². The normalized spacial score (nSPS) is 14.8. The number of rotatable bonds is 5. The first-order valence-corrected chi connectivity index (χ1v) is 7.31. The van der Waals surface area contributed by atoms with Crippen molar-refractivity contribution in [1.29, 1.82) is 0 Å². The number of carbonyl (C=O) groups is 3. The molecule has 1 saturated heterocycles. The molecule has 0 radical (unpaired) electrons. The Morgan fingerprint density at radius 2 is 1.88 bits per heavy atom. The van der Waals surface area contributed by atoms with Gasteiger partial charge in [0.2, 0.25) is 5.91 Å². The molecule has 10 nitrogen and oxygen atoms in total. The number of esters is 1. The maximum atomic E-state index is 10.8. The summed E-state index contributed by atoms with van der Waals surface area (Å²) in [4.78, 5) is 41.1. The minimum atomic E-state index is -0.749. The van der Waals surface area contributed by atoms with E-state index in [0.29, 0.717) is 12.0 Å². The van der Waals surface area contributed by atoms with Gasteiger partial charge in [0.25, 0.3) is 5.69 Å². The van der Waals surface area contributed by atoms with Gasteiger partial charge in [-0.2, -0.15) is 0 Å². The number of amides is 1. The van der Waals surface area contributed by atoms with Gasteiger partial charge in [0.15, 0.2) is 6.23 Å². The molecule has 1 heterocycles. The van der Waals surface area contributed by atoms with Crippen LogP contribution in [0.1, 0.15) is 25.8 Å². The molecule has 0 saturated carbocycles. The Hall–Kier alpha value is -3.17. The minimum Gasteiger partial charge on any atom is -0.441 e. The zero-order chi connectivity index (χ0) is 18.8. The maximum absolute atomic E-state index is 10.8. The van der Waals surface area contributed by atoms with E-state index in [2.05, 4.69) is 14.8 Å². The molecule has 0 aromatic heterocycles. The first-order chi connectivity index (χ1) is 11.8. The van der Waals surface area contributed by atoms with Crippen LogP contribution in [0, 0.1) is 10.1 Å².